The van der Waals surface area contributed by atoms with Crippen molar-refractivity contribution in [3.63, 3.8) is 0 Å². The van der Waals surface area contributed by atoms with E-state index in [9.17, 15) is 32.8 Å². The Morgan fingerprint density at radius 2 is 1.64 bits per heavy atom. The van der Waals surface area contributed by atoms with Crippen molar-refractivity contribution in [1.29, 1.82) is 5.26 Å². The van der Waals surface area contributed by atoms with Crippen molar-refractivity contribution in [3.05, 3.63) is 11.6 Å². The normalized spacial score (nSPS) is 34.6. The van der Waals surface area contributed by atoms with Gasteiger partial charge in [0.15, 0.2) is 5.78 Å². The van der Waals surface area contributed by atoms with Crippen LogP contribution in [-0.4, -0.2) is 41.6 Å². The van der Waals surface area contributed by atoms with Crippen LogP contribution in [0.15, 0.2) is 11.6 Å². The molecule has 2 aliphatic carbocycles. The number of carbonyl (C=O) groups excluding carboxylic acids is 3. The van der Waals surface area contributed by atoms with Gasteiger partial charge in [0.1, 0.15) is 18.4 Å². The number of rotatable bonds is 7. The van der Waals surface area contributed by atoms with E-state index < -0.39 is 45.7 Å². The lowest BCUT2D eigenvalue weighted by Crippen LogP contribution is -2.60. The van der Waals surface area contributed by atoms with Crippen LogP contribution in [-0.2, 0) is 14.4 Å². The van der Waals surface area contributed by atoms with E-state index in [0.29, 0.717) is 32.1 Å². The Kier molecular flexibility index (Phi) is 9.80. The number of halogens is 3. The predicted octanol–water partition coefficient (Wildman–Crippen LogP) is 8.87. The average molecular weight is 621 g/mol. The largest absolute Gasteiger partial charge is 0.406 e. The summed E-state index contributed by atoms with van der Waals surface area (Å²) in [6.45, 7) is 19.0. The zero-order chi connectivity index (χ0) is 33.7. The number of carbonyl (C=O) groups is 3. The average Bonchev–Trinajstić information content (AvgIpc) is 2.92. The van der Waals surface area contributed by atoms with Crippen LogP contribution in [0.4, 0.5) is 13.2 Å². The molecule has 1 saturated carbocycles. The van der Waals surface area contributed by atoms with Crippen molar-refractivity contribution in [2.45, 2.75) is 133 Å². The molecule has 0 bridgehead atoms. The fourth-order valence-corrected chi connectivity index (χ4v) is 9.26. The molecule has 0 aromatic heterocycles. The van der Waals surface area contributed by atoms with E-state index in [1.165, 1.54) is 0 Å². The maximum absolute atomic E-state index is 14.0. The Balaban J connectivity index is 2.03. The van der Waals surface area contributed by atoms with Gasteiger partial charge < -0.3 is 9.69 Å². The molecule has 1 heterocycles. The first-order chi connectivity index (χ1) is 19.9. The lowest BCUT2D eigenvalue weighted by molar-refractivity contribution is -0.169. The fourth-order valence-electron chi connectivity index (χ4n) is 9.26. The van der Waals surface area contributed by atoms with Crippen LogP contribution in [0, 0.1) is 55.7 Å². The number of fused-ring (bicyclic) bond motifs is 1. The number of hydrogen-bond acceptors (Lipinski definition) is 4. The molecule has 3 aliphatic rings. The van der Waals surface area contributed by atoms with Crippen molar-refractivity contribution in [2.24, 2.45) is 44.3 Å². The van der Waals surface area contributed by atoms with Crippen LogP contribution in [0.2, 0.25) is 0 Å². The second kappa shape index (κ2) is 11.9. The molecule has 44 heavy (non-hydrogen) atoms. The highest BCUT2D eigenvalue weighted by Crippen LogP contribution is 2.68. The van der Waals surface area contributed by atoms with Crippen LogP contribution in [0.1, 0.15) is 127 Å². The number of hydrogen-bond donors (Lipinski definition) is 0. The van der Waals surface area contributed by atoms with E-state index in [2.05, 4.69) is 47.6 Å². The van der Waals surface area contributed by atoms with E-state index in [0.717, 1.165) is 30.6 Å². The molecule has 0 radical (unpaired) electrons. The molecule has 2 fully saturated rings. The molecule has 0 N–H and O–H groups in total. The van der Waals surface area contributed by atoms with Crippen LogP contribution in [0.5, 0.6) is 0 Å². The summed E-state index contributed by atoms with van der Waals surface area (Å²) in [5, 5.41) is 9.92. The maximum Gasteiger partial charge on any atom is 0.406 e. The van der Waals surface area contributed by atoms with Gasteiger partial charge in [-0.2, -0.15) is 18.4 Å². The van der Waals surface area contributed by atoms with Crippen molar-refractivity contribution in [3.8, 4) is 6.07 Å². The van der Waals surface area contributed by atoms with Gasteiger partial charge in [0.05, 0.1) is 5.57 Å². The lowest BCUT2D eigenvalue weighted by atomic mass is 9.39. The third-order valence-corrected chi connectivity index (χ3v) is 12.6. The molecule has 0 aromatic carbocycles. The van der Waals surface area contributed by atoms with Crippen molar-refractivity contribution >= 4 is 17.5 Å². The van der Waals surface area contributed by atoms with E-state index in [-0.39, 0.29) is 40.9 Å². The minimum Gasteiger partial charge on any atom is -0.333 e. The minimum atomic E-state index is -4.47. The van der Waals surface area contributed by atoms with Crippen LogP contribution in [0.25, 0.3) is 0 Å². The number of ketones is 2. The summed E-state index contributed by atoms with van der Waals surface area (Å²) >= 11 is 0. The standard InChI is InChI=1S/C36H55F3N2O3/c1-24(42)20-27-34(9)21-25(22-40)28(43)32(6,7)26(34)12-14-35(27,10)31(4,5)16-18-33(8)17-15-30(2,3)13-11-19-41(29(33)44)23-36(37,38)39/h21,26-27H,11-20,23H2,1-10H3/t26-,27+,33-,34-,35+/m0/s1. The quantitative estimate of drug-likeness (QED) is 0.285. The smallest absolute Gasteiger partial charge is 0.333 e. The van der Waals surface area contributed by atoms with Gasteiger partial charge in [-0.05, 0) is 91.8 Å². The van der Waals surface area contributed by atoms with Gasteiger partial charge >= 0.3 is 6.18 Å². The van der Waals surface area contributed by atoms with Crippen LogP contribution >= 0.6 is 0 Å². The highest BCUT2D eigenvalue weighted by atomic mass is 19.4. The highest BCUT2D eigenvalue weighted by molar-refractivity contribution is 6.04. The zero-order valence-electron chi connectivity index (χ0n) is 28.8. The van der Waals surface area contributed by atoms with Crippen LogP contribution in [0.3, 0.4) is 0 Å². The van der Waals surface area contributed by atoms with Crippen molar-refractivity contribution < 1.29 is 27.6 Å². The van der Waals surface area contributed by atoms with E-state index in [1.807, 2.05) is 26.8 Å². The lowest BCUT2D eigenvalue weighted by Gasteiger charge is -2.64. The van der Waals surface area contributed by atoms with Crippen LogP contribution < -0.4 is 0 Å². The Hall–Kier alpha value is -2.17. The Morgan fingerprint density at radius 1 is 1.02 bits per heavy atom. The Bertz CT molecular complexity index is 1230. The zero-order valence-corrected chi connectivity index (χ0v) is 28.8. The first kappa shape index (κ1) is 36.3. The second-order valence-corrected chi connectivity index (χ2v) is 17.1. The Morgan fingerprint density at radius 3 is 2.18 bits per heavy atom. The number of nitriles is 1. The molecule has 1 aliphatic heterocycles. The number of allylic oxidation sites excluding steroid dienone is 2. The predicted molar refractivity (Wildman–Crippen MR) is 166 cm³/mol. The molecule has 5 atom stereocenters. The summed E-state index contributed by atoms with van der Waals surface area (Å²) in [4.78, 5) is 41.1. The van der Waals surface area contributed by atoms with E-state index >= 15 is 0 Å². The maximum atomic E-state index is 14.0. The van der Waals surface area contributed by atoms with Gasteiger partial charge in [0, 0.05) is 23.8 Å². The first-order valence-corrected chi connectivity index (χ1v) is 16.4. The van der Waals surface area contributed by atoms with E-state index in [4.69, 9.17) is 0 Å². The van der Waals surface area contributed by atoms with Gasteiger partial charge in [-0.25, -0.2) is 0 Å². The van der Waals surface area contributed by atoms with Gasteiger partial charge in [0.25, 0.3) is 0 Å². The number of alkyl halides is 3. The number of amides is 1. The molecular formula is C36H55F3N2O3. The van der Waals surface area contributed by atoms with Gasteiger partial charge in [0.2, 0.25) is 5.91 Å². The SMILES string of the molecule is CC(=O)C[C@@H]1[C@@]2(C)C=C(C#N)C(=O)C(C)(C)[C@@H]2CC[C@@]1(C)C(C)(C)CC[C@]1(C)CCC(C)(C)CCCN(CC(F)(F)F)C1=O. The molecular weight excluding hydrogens is 565 g/mol. The minimum absolute atomic E-state index is 0.0422. The molecule has 0 aromatic rings. The highest BCUT2D eigenvalue weighted by Gasteiger charge is 2.63. The molecule has 248 valence electrons. The summed E-state index contributed by atoms with van der Waals surface area (Å²) in [7, 11) is 0. The molecule has 1 amide bonds. The summed E-state index contributed by atoms with van der Waals surface area (Å²) in [5.41, 5.74) is -3.01. The summed E-state index contributed by atoms with van der Waals surface area (Å²) in [5.74, 6) is -0.728. The van der Waals surface area contributed by atoms with Crippen molar-refractivity contribution in [2.75, 3.05) is 13.1 Å². The van der Waals surface area contributed by atoms with Gasteiger partial charge in [-0.15, -0.1) is 0 Å². The molecule has 3 rings (SSSR count). The van der Waals surface area contributed by atoms with Crippen molar-refractivity contribution in [1.82, 2.24) is 4.90 Å². The second-order valence-electron chi connectivity index (χ2n) is 17.1. The number of Topliss-reactive ketones (excluding diaryl/α,β-unsaturated/α-hetero) is 2. The molecule has 5 nitrogen and oxygen atoms in total. The molecule has 1 saturated heterocycles. The van der Waals surface area contributed by atoms with Gasteiger partial charge in [-0.1, -0.05) is 68.4 Å². The summed E-state index contributed by atoms with van der Waals surface area (Å²) in [6.07, 6.45) is 2.80. The molecule has 0 spiro atoms. The summed E-state index contributed by atoms with van der Waals surface area (Å²) in [6, 6.07) is 2.13. The first-order valence-electron chi connectivity index (χ1n) is 16.4. The third-order valence-electron chi connectivity index (χ3n) is 12.6. The molecule has 0 unspecified atom stereocenters. The van der Waals surface area contributed by atoms with Gasteiger partial charge in [-0.3, -0.25) is 9.59 Å². The summed E-state index contributed by atoms with van der Waals surface area (Å²) < 4.78 is 40.8. The fraction of sp³-hybridized carbons (Fsp3) is 0.833. The monoisotopic (exact) mass is 620 g/mol. The Labute approximate surface area is 263 Å². The van der Waals surface area contributed by atoms with E-state index in [1.54, 1.807) is 6.92 Å². The third kappa shape index (κ3) is 6.82. The number of nitrogens with zero attached hydrogens (tertiary/aromatic N) is 2. The molecule has 8 heteroatoms. The topological polar surface area (TPSA) is 78.2 Å².